The van der Waals surface area contributed by atoms with Crippen LogP contribution in [0, 0.1) is 0 Å². The van der Waals surface area contributed by atoms with E-state index in [0.29, 0.717) is 6.42 Å². The molecule has 0 fully saturated rings. The van der Waals surface area contributed by atoms with E-state index in [9.17, 15) is 24.2 Å². The fourth-order valence-corrected chi connectivity index (χ4v) is 7.92. The van der Waals surface area contributed by atoms with Crippen molar-refractivity contribution in [3.05, 3.63) is 72.9 Å². The number of allylic oxidation sites excluding steroid dienone is 12. The molecule has 2 atom stereocenters. The first-order valence-corrected chi connectivity index (χ1v) is 27.9. The third kappa shape index (κ3) is 52.3. The lowest BCUT2D eigenvalue weighted by Crippen LogP contribution is -2.27. The van der Waals surface area contributed by atoms with Gasteiger partial charge in [0.05, 0.1) is 13.2 Å². The van der Waals surface area contributed by atoms with Crippen LogP contribution in [0.5, 0.6) is 0 Å². The number of amides is 1. The second kappa shape index (κ2) is 50.9. The van der Waals surface area contributed by atoms with E-state index in [2.05, 4.69) is 92.1 Å². The Morgan fingerprint density at radius 3 is 1.34 bits per heavy atom. The monoisotopic (exact) mass is 932 g/mol. The van der Waals surface area contributed by atoms with Gasteiger partial charge >= 0.3 is 13.8 Å². The Kier molecular flexibility index (Phi) is 48.9. The zero-order valence-corrected chi connectivity index (χ0v) is 42.6. The van der Waals surface area contributed by atoms with Gasteiger partial charge < -0.3 is 20.1 Å². The molecule has 0 bridgehead atoms. The van der Waals surface area contributed by atoms with Gasteiger partial charge in [-0.25, -0.2) is 4.57 Å². The molecule has 0 saturated heterocycles. The third-order valence-electron chi connectivity index (χ3n) is 11.1. The van der Waals surface area contributed by atoms with E-state index < -0.39 is 26.5 Å². The smallest absolute Gasteiger partial charge is 0.463 e. The number of hydrogen-bond donors (Lipinski definition) is 3. The summed E-state index contributed by atoms with van der Waals surface area (Å²) in [7, 11) is -4.43. The summed E-state index contributed by atoms with van der Waals surface area (Å²) in [6.07, 6.45) is 64.1. The molecule has 65 heavy (non-hydrogen) atoms. The Bertz CT molecular complexity index is 1290. The number of phosphoric acid groups is 1. The molecule has 0 aliphatic carbocycles. The summed E-state index contributed by atoms with van der Waals surface area (Å²) >= 11 is 0. The van der Waals surface area contributed by atoms with Crippen molar-refractivity contribution in [1.82, 2.24) is 5.32 Å². The zero-order valence-electron chi connectivity index (χ0n) is 41.7. The van der Waals surface area contributed by atoms with E-state index in [1.165, 1.54) is 116 Å². The van der Waals surface area contributed by atoms with E-state index >= 15 is 0 Å². The maximum absolute atomic E-state index is 12.2. The van der Waals surface area contributed by atoms with Crippen LogP contribution >= 0.6 is 7.82 Å². The van der Waals surface area contributed by atoms with E-state index in [-0.39, 0.29) is 32.1 Å². The van der Waals surface area contributed by atoms with Crippen LogP contribution in [-0.2, 0) is 27.9 Å². The second-order valence-electron chi connectivity index (χ2n) is 17.5. The lowest BCUT2D eigenvalue weighted by Gasteiger charge is -2.15. The largest absolute Gasteiger partial charge is 0.472 e. The Labute approximate surface area is 399 Å². The van der Waals surface area contributed by atoms with Crippen molar-refractivity contribution >= 4 is 19.7 Å². The zero-order chi connectivity index (χ0) is 47.4. The van der Waals surface area contributed by atoms with Crippen molar-refractivity contribution < 1.29 is 37.9 Å². The molecule has 0 aromatic carbocycles. The van der Waals surface area contributed by atoms with Gasteiger partial charge in [0, 0.05) is 19.4 Å². The lowest BCUT2D eigenvalue weighted by atomic mass is 10.0. The van der Waals surface area contributed by atoms with Gasteiger partial charge in [0.2, 0.25) is 5.91 Å². The van der Waals surface area contributed by atoms with E-state index in [0.717, 1.165) is 89.9 Å². The summed E-state index contributed by atoms with van der Waals surface area (Å²) in [5, 5.41) is 12.8. The average Bonchev–Trinajstić information content (AvgIpc) is 3.29. The van der Waals surface area contributed by atoms with Crippen LogP contribution in [0.4, 0.5) is 0 Å². The number of phosphoric ester groups is 1. The van der Waals surface area contributed by atoms with Gasteiger partial charge in [-0.2, -0.15) is 0 Å². The Morgan fingerprint density at radius 1 is 0.492 bits per heavy atom. The highest BCUT2D eigenvalue weighted by Crippen LogP contribution is 2.42. The minimum absolute atomic E-state index is 0.0678. The maximum atomic E-state index is 12.2. The number of aliphatic hydroxyl groups is 1. The molecule has 0 aromatic rings. The first-order valence-electron chi connectivity index (χ1n) is 26.4. The molecule has 0 aliphatic heterocycles. The standard InChI is InChI=1S/C55H98NO8P/c1-3-5-7-9-11-13-15-17-19-21-23-25-26-28-30-32-34-36-38-40-42-44-46-48-55(59)62-51-53(57)52-64-65(60,61)63-50-49-56-54(58)47-45-43-41-39-37-35-33-31-29-27-24-22-20-18-16-14-12-10-8-6-4-2/h6,8,12,14,17-20,24,27,31,33,53,57H,3-5,7,9-11,13,15-16,21-23,25-26,28-30,32,34-52H2,1-2H3,(H,56,58)(H,60,61)/b8-6-,14-12-,19-17+,20-18-,27-24-,33-31-. The topological polar surface area (TPSA) is 131 Å². The van der Waals surface area contributed by atoms with Gasteiger partial charge in [-0.3, -0.25) is 18.6 Å². The minimum atomic E-state index is -4.43. The predicted molar refractivity (Wildman–Crippen MR) is 275 cm³/mol. The molecular weight excluding hydrogens is 834 g/mol. The third-order valence-corrected chi connectivity index (χ3v) is 12.1. The van der Waals surface area contributed by atoms with Crippen LogP contribution in [0.2, 0.25) is 0 Å². The number of esters is 1. The van der Waals surface area contributed by atoms with Crippen molar-refractivity contribution in [1.29, 1.82) is 0 Å². The van der Waals surface area contributed by atoms with Crippen LogP contribution in [0.1, 0.15) is 232 Å². The molecule has 376 valence electrons. The summed E-state index contributed by atoms with van der Waals surface area (Å²) < 4.78 is 27.0. The van der Waals surface area contributed by atoms with Gasteiger partial charge in [0.1, 0.15) is 12.7 Å². The number of rotatable bonds is 49. The summed E-state index contributed by atoms with van der Waals surface area (Å²) in [5.74, 6) is -0.534. The Balaban J connectivity index is 3.59. The van der Waals surface area contributed by atoms with E-state index in [1.54, 1.807) is 0 Å². The maximum Gasteiger partial charge on any atom is 0.472 e. The summed E-state index contributed by atoms with van der Waals surface area (Å²) in [6.45, 7) is 3.43. The summed E-state index contributed by atoms with van der Waals surface area (Å²) in [6, 6.07) is 0. The molecule has 0 aromatic heterocycles. The number of unbranched alkanes of at least 4 members (excludes halogenated alkanes) is 24. The van der Waals surface area contributed by atoms with Crippen LogP contribution < -0.4 is 5.32 Å². The van der Waals surface area contributed by atoms with Crippen LogP contribution in [0.3, 0.4) is 0 Å². The molecule has 2 unspecified atom stereocenters. The van der Waals surface area contributed by atoms with Gasteiger partial charge in [0.15, 0.2) is 0 Å². The van der Waals surface area contributed by atoms with Gasteiger partial charge in [-0.05, 0) is 83.5 Å². The predicted octanol–water partition coefficient (Wildman–Crippen LogP) is 15.8. The van der Waals surface area contributed by atoms with Crippen LogP contribution in [-0.4, -0.2) is 54.3 Å². The van der Waals surface area contributed by atoms with Gasteiger partial charge in [-0.15, -0.1) is 0 Å². The molecule has 0 radical (unpaired) electrons. The first-order chi connectivity index (χ1) is 31.8. The highest BCUT2D eigenvalue weighted by molar-refractivity contribution is 7.47. The van der Waals surface area contributed by atoms with Gasteiger partial charge in [0.25, 0.3) is 0 Å². The fourth-order valence-electron chi connectivity index (χ4n) is 7.17. The number of carbonyl (C=O) groups excluding carboxylic acids is 2. The molecule has 0 aliphatic rings. The van der Waals surface area contributed by atoms with E-state index in [1.807, 2.05) is 0 Å². The van der Waals surface area contributed by atoms with Crippen molar-refractivity contribution in [3.8, 4) is 0 Å². The number of carbonyl (C=O) groups is 2. The molecule has 0 rings (SSSR count). The highest BCUT2D eigenvalue weighted by Gasteiger charge is 2.23. The molecule has 3 N–H and O–H groups in total. The van der Waals surface area contributed by atoms with Crippen molar-refractivity contribution in [3.63, 3.8) is 0 Å². The second-order valence-corrected chi connectivity index (χ2v) is 18.9. The average molecular weight is 932 g/mol. The Hall–Kier alpha value is -2.55. The van der Waals surface area contributed by atoms with Crippen LogP contribution in [0.25, 0.3) is 0 Å². The fraction of sp³-hybridized carbons (Fsp3) is 0.745. The van der Waals surface area contributed by atoms with Crippen LogP contribution in [0.15, 0.2) is 72.9 Å². The number of ether oxygens (including phenoxy) is 1. The van der Waals surface area contributed by atoms with E-state index in [4.69, 9.17) is 13.8 Å². The molecule has 1 amide bonds. The molecule has 0 heterocycles. The lowest BCUT2D eigenvalue weighted by molar-refractivity contribution is -0.147. The minimum Gasteiger partial charge on any atom is -0.463 e. The Morgan fingerprint density at radius 2 is 0.877 bits per heavy atom. The highest BCUT2D eigenvalue weighted by atomic mass is 31.2. The summed E-state index contributed by atoms with van der Waals surface area (Å²) in [4.78, 5) is 34.1. The molecular formula is C55H98NO8P. The molecule has 0 spiro atoms. The quantitative estimate of drug-likeness (QED) is 0.0238. The molecule has 9 nitrogen and oxygen atoms in total. The summed E-state index contributed by atoms with van der Waals surface area (Å²) in [5.41, 5.74) is 0. The number of aliphatic hydroxyl groups excluding tert-OH is 1. The first kappa shape index (κ1) is 62.4. The molecule has 0 saturated carbocycles. The number of hydrogen-bond acceptors (Lipinski definition) is 7. The van der Waals surface area contributed by atoms with Crippen molar-refractivity contribution in [2.75, 3.05) is 26.4 Å². The van der Waals surface area contributed by atoms with Gasteiger partial charge in [-0.1, -0.05) is 209 Å². The normalized spacial score (nSPS) is 13.7. The molecule has 10 heteroatoms. The van der Waals surface area contributed by atoms with Crippen molar-refractivity contribution in [2.45, 2.75) is 238 Å². The number of nitrogens with one attached hydrogen (secondary N) is 1. The SMILES string of the molecule is CC/C=C\C/C=C\C/C=C\C/C=C\C/C=C\CCCCCCCC(=O)NCCOP(=O)(O)OCC(O)COC(=O)CCCCCCCCCCCCCCC/C=C/CCCCCCCC. The van der Waals surface area contributed by atoms with Crippen molar-refractivity contribution in [2.24, 2.45) is 0 Å².